The van der Waals surface area contributed by atoms with Gasteiger partial charge in [0, 0.05) is 54.2 Å². The number of piperazine rings is 1. The van der Waals surface area contributed by atoms with Crippen molar-refractivity contribution < 1.29 is 19.4 Å². The summed E-state index contributed by atoms with van der Waals surface area (Å²) in [4.78, 5) is 28.8. The first-order chi connectivity index (χ1) is 15.9. The summed E-state index contributed by atoms with van der Waals surface area (Å²) in [6.07, 6.45) is 0. The second-order valence-electron chi connectivity index (χ2n) is 7.68. The van der Waals surface area contributed by atoms with Crippen molar-refractivity contribution in [3.05, 3.63) is 82.9 Å². The zero-order valence-electron chi connectivity index (χ0n) is 18.1. The smallest absolute Gasteiger partial charge is 0.337 e. The number of methoxy groups -OCH3 is 1. The molecule has 0 atom stereocenters. The molecule has 0 aliphatic carbocycles. The first-order valence-corrected chi connectivity index (χ1v) is 10.9. The summed E-state index contributed by atoms with van der Waals surface area (Å²) in [6, 6.07) is 19.4. The van der Waals surface area contributed by atoms with Crippen LogP contribution in [0.15, 0.2) is 66.7 Å². The molecule has 1 aliphatic heterocycles. The van der Waals surface area contributed by atoms with E-state index in [1.807, 2.05) is 24.3 Å². The molecule has 1 saturated heterocycles. The van der Waals surface area contributed by atoms with Crippen molar-refractivity contribution in [3.8, 4) is 5.75 Å². The average molecular weight is 466 g/mol. The fourth-order valence-corrected chi connectivity index (χ4v) is 4.10. The molecule has 1 amide bonds. The minimum Gasteiger partial charge on any atom is -0.497 e. The minimum absolute atomic E-state index is 0.147. The summed E-state index contributed by atoms with van der Waals surface area (Å²) < 4.78 is 5.31. The third-order valence-electron chi connectivity index (χ3n) is 5.61. The topological polar surface area (TPSA) is 82.1 Å². The second-order valence-corrected chi connectivity index (χ2v) is 8.11. The number of hydrogen-bond acceptors (Lipinski definition) is 5. The molecule has 170 valence electrons. The summed E-state index contributed by atoms with van der Waals surface area (Å²) >= 11 is 5.96. The van der Waals surface area contributed by atoms with Crippen LogP contribution in [0.4, 0.5) is 17.1 Å². The third-order valence-corrected chi connectivity index (χ3v) is 5.85. The minimum atomic E-state index is -1.04. The van der Waals surface area contributed by atoms with Crippen molar-refractivity contribution >= 4 is 40.5 Å². The van der Waals surface area contributed by atoms with E-state index < -0.39 is 5.97 Å². The molecule has 1 aliphatic rings. The van der Waals surface area contributed by atoms with E-state index in [0.717, 1.165) is 24.5 Å². The molecule has 1 fully saturated rings. The van der Waals surface area contributed by atoms with Crippen LogP contribution in [0.2, 0.25) is 5.02 Å². The Morgan fingerprint density at radius 2 is 1.67 bits per heavy atom. The van der Waals surface area contributed by atoms with Crippen LogP contribution >= 0.6 is 11.6 Å². The van der Waals surface area contributed by atoms with Gasteiger partial charge in [0.1, 0.15) is 5.75 Å². The first-order valence-electron chi connectivity index (χ1n) is 10.5. The van der Waals surface area contributed by atoms with Crippen LogP contribution in [0.5, 0.6) is 5.75 Å². The van der Waals surface area contributed by atoms with Crippen LogP contribution in [0, 0.1) is 0 Å². The summed E-state index contributed by atoms with van der Waals surface area (Å²) in [7, 11) is 1.64. The van der Waals surface area contributed by atoms with Gasteiger partial charge >= 0.3 is 5.97 Å². The number of carbonyl (C=O) groups is 2. The van der Waals surface area contributed by atoms with Gasteiger partial charge in [-0.05, 0) is 48.5 Å². The highest BCUT2D eigenvalue weighted by Crippen LogP contribution is 2.28. The van der Waals surface area contributed by atoms with Crippen molar-refractivity contribution in [2.75, 3.05) is 48.4 Å². The van der Waals surface area contributed by atoms with Gasteiger partial charge < -0.3 is 25.0 Å². The van der Waals surface area contributed by atoms with E-state index in [0.29, 0.717) is 35.1 Å². The van der Waals surface area contributed by atoms with Crippen LogP contribution in [-0.2, 0) is 0 Å². The molecule has 0 aromatic heterocycles. The highest BCUT2D eigenvalue weighted by molar-refractivity contribution is 6.31. The number of aromatic carboxylic acids is 1. The molecular formula is C25H24ClN3O4. The van der Waals surface area contributed by atoms with Gasteiger partial charge in [0.15, 0.2) is 0 Å². The Labute approximate surface area is 197 Å². The van der Waals surface area contributed by atoms with E-state index >= 15 is 0 Å². The van der Waals surface area contributed by atoms with Crippen molar-refractivity contribution in [2.24, 2.45) is 0 Å². The summed E-state index contributed by atoms with van der Waals surface area (Å²) in [5.74, 6) is -0.592. The summed E-state index contributed by atoms with van der Waals surface area (Å²) in [5, 5.41) is 13.0. The number of nitrogens with one attached hydrogen (secondary N) is 1. The largest absolute Gasteiger partial charge is 0.497 e. The highest BCUT2D eigenvalue weighted by Gasteiger charge is 2.22. The number of carboxylic acids is 1. The molecule has 0 spiro atoms. The Hall–Kier alpha value is -3.71. The molecular weight excluding hydrogens is 442 g/mol. The molecule has 0 bridgehead atoms. The number of benzene rings is 3. The zero-order chi connectivity index (χ0) is 23.4. The number of carbonyl (C=O) groups excluding carboxylic acids is 1. The summed E-state index contributed by atoms with van der Waals surface area (Å²) in [6.45, 7) is 2.84. The van der Waals surface area contributed by atoms with Crippen LogP contribution in [0.3, 0.4) is 0 Å². The van der Waals surface area contributed by atoms with E-state index in [1.165, 1.54) is 6.07 Å². The summed E-state index contributed by atoms with van der Waals surface area (Å²) in [5.41, 5.74) is 2.67. The fraction of sp³-hybridized carbons (Fsp3) is 0.200. The fourth-order valence-electron chi connectivity index (χ4n) is 3.91. The van der Waals surface area contributed by atoms with Gasteiger partial charge in [-0.15, -0.1) is 0 Å². The van der Waals surface area contributed by atoms with Crippen LogP contribution in [0.1, 0.15) is 20.7 Å². The molecule has 0 unspecified atom stereocenters. The number of rotatable bonds is 6. The van der Waals surface area contributed by atoms with Crippen LogP contribution < -0.4 is 19.9 Å². The van der Waals surface area contributed by atoms with Gasteiger partial charge in [-0.25, -0.2) is 4.79 Å². The highest BCUT2D eigenvalue weighted by atomic mass is 35.5. The monoisotopic (exact) mass is 465 g/mol. The Bertz CT molecular complexity index is 1180. The molecule has 0 saturated carbocycles. The lowest BCUT2D eigenvalue weighted by Gasteiger charge is -2.38. The predicted octanol–water partition coefficient (Wildman–Crippen LogP) is 4.63. The predicted molar refractivity (Wildman–Crippen MR) is 130 cm³/mol. The van der Waals surface area contributed by atoms with E-state index in [2.05, 4.69) is 15.1 Å². The van der Waals surface area contributed by atoms with Gasteiger partial charge in [0.2, 0.25) is 0 Å². The van der Waals surface area contributed by atoms with E-state index in [-0.39, 0.29) is 11.5 Å². The van der Waals surface area contributed by atoms with Crippen LogP contribution in [0.25, 0.3) is 0 Å². The number of amides is 1. The molecule has 7 nitrogen and oxygen atoms in total. The zero-order valence-corrected chi connectivity index (χ0v) is 18.9. The lowest BCUT2D eigenvalue weighted by atomic mass is 10.1. The van der Waals surface area contributed by atoms with Crippen molar-refractivity contribution in [3.63, 3.8) is 0 Å². The molecule has 3 aromatic carbocycles. The number of anilines is 3. The Kier molecular flexibility index (Phi) is 6.70. The number of nitrogens with zero attached hydrogens (tertiary/aromatic N) is 2. The molecule has 33 heavy (non-hydrogen) atoms. The van der Waals surface area contributed by atoms with Crippen LogP contribution in [-0.4, -0.2) is 50.3 Å². The van der Waals surface area contributed by atoms with E-state index in [9.17, 15) is 14.7 Å². The van der Waals surface area contributed by atoms with Crippen molar-refractivity contribution in [2.45, 2.75) is 0 Å². The van der Waals surface area contributed by atoms with Gasteiger partial charge in [0.25, 0.3) is 5.91 Å². The number of hydrogen-bond donors (Lipinski definition) is 2. The van der Waals surface area contributed by atoms with Gasteiger partial charge in [0.05, 0.1) is 18.4 Å². The lowest BCUT2D eigenvalue weighted by molar-refractivity contribution is 0.0697. The number of halogens is 1. The second kappa shape index (κ2) is 9.83. The maximum Gasteiger partial charge on any atom is 0.337 e. The average Bonchev–Trinajstić information content (AvgIpc) is 2.84. The molecule has 8 heteroatoms. The van der Waals surface area contributed by atoms with Gasteiger partial charge in [-0.2, -0.15) is 0 Å². The molecule has 4 rings (SSSR count). The van der Waals surface area contributed by atoms with Crippen molar-refractivity contribution in [1.82, 2.24) is 0 Å². The van der Waals surface area contributed by atoms with E-state index in [4.69, 9.17) is 16.3 Å². The van der Waals surface area contributed by atoms with E-state index in [1.54, 1.807) is 43.5 Å². The molecule has 0 radical (unpaired) electrons. The molecule has 3 aromatic rings. The third kappa shape index (κ3) is 5.21. The Morgan fingerprint density at radius 1 is 0.939 bits per heavy atom. The molecule has 1 heterocycles. The SMILES string of the molecule is COc1cccc(N2CCN(c3ccc(NC(=O)c4cccc(Cl)c4)cc3C(=O)O)CC2)c1. The maximum absolute atomic E-state index is 12.5. The first kappa shape index (κ1) is 22.5. The quantitative estimate of drug-likeness (QED) is 0.552. The normalized spacial score (nSPS) is 13.5. The maximum atomic E-state index is 12.5. The standard InChI is InChI=1S/C25H24ClN3O4/c1-33-21-7-3-6-20(16-21)28-10-12-29(13-11-28)23-9-8-19(15-22(23)25(31)32)27-24(30)17-4-2-5-18(26)14-17/h2-9,14-16H,10-13H2,1H3,(H,27,30)(H,31,32). The van der Waals surface area contributed by atoms with Gasteiger partial charge in [-0.1, -0.05) is 23.7 Å². The lowest BCUT2D eigenvalue weighted by Crippen LogP contribution is -2.47. The Balaban J connectivity index is 1.48. The number of carboxylic acid groups (broad SMARTS) is 1. The van der Waals surface area contributed by atoms with Crippen molar-refractivity contribution in [1.29, 1.82) is 0 Å². The Morgan fingerprint density at radius 3 is 2.36 bits per heavy atom. The van der Waals surface area contributed by atoms with Gasteiger partial charge in [-0.3, -0.25) is 4.79 Å². The number of ether oxygens (including phenoxy) is 1. The molecule has 2 N–H and O–H groups in total.